The molecule has 11 heteroatoms. The van der Waals surface area contributed by atoms with Crippen molar-refractivity contribution < 1.29 is 56.7 Å². The molecule has 25 heavy (non-hydrogen) atoms. The zero-order valence-electron chi connectivity index (χ0n) is 15.0. The van der Waals surface area contributed by atoms with Crippen LogP contribution in [0.15, 0.2) is 0 Å². The minimum Gasteiger partial charge on any atom is -0.481 e. The Kier molecular flexibility index (Phi) is 30.9. The molecule has 0 unspecified atom stereocenters. The van der Waals surface area contributed by atoms with Crippen LogP contribution in [0.3, 0.4) is 0 Å². The van der Waals surface area contributed by atoms with E-state index in [1.807, 2.05) is 0 Å². The van der Waals surface area contributed by atoms with Gasteiger partial charge in [-0.05, 0) is 12.8 Å². The smallest absolute Gasteiger partial charge is 0.300 e. The molecular formula is C14H30FeN2O8. The molecule has 0 amide bonds. The Morgan fingerprint density at radius 2 is 0.800 bits per heavy atom. The first-order valence-corrected chi connectivity index (χ1v) is 7.00. The molecule has 0 radical (unpaired) electrons. The molecule has 0 atom stereocenters. The Balaban J connectivity index is -0.0000000695. The van der Waals surface area contributed by atoms with Crippen LogP contribution in [-0.2, 0) is 36.2 Å². The molecular weight excluding hydrogens is 380 g/mol. The van der Waals surface area contributed by atoms with E-state index < -0.39 is 23.9 Å². The molecule has 1 fully saturated rings. The zero-order valence-corrected chi connectivity index (χ0v) is 16.1. The number of rotatable bonds is 0. The first-order chi connectivity index (χ1) is 10.6. The summed E-state index contributed by atoms with van der Waals surface area (Å²) in [6.45, 7) is 4.33. The van der Waals surface area contributed by atoms with Gasteiger partial charge in [-0.15, -0.1) is 0 Å². The van der Waals surface area contributed by atoms with E-state index in [2.05, 4.69) is 0 Å². The van der Waals surface area contributed by atoms with Crippen LogP contribution in [0.4, 0.5) is 0 Å². The molecule has 0 saturated heterocycles. The molecule has 8 N–H and O–H groups in total. The van der Waals surface area contributed by atoms with Crippen molar-refractivity contribution in [2.24, 2.45) is 11.5 Å². The van der Waals surface area contributed by atoms with Gasteiger partial charge in [-0.25, -0.2) is 0 Å². The maximum Gasteiger partial charge on any atom is 0.300 e. The fourth-order valence-electron chi connectivity index (χ4n) is 1.21. The molecule has 152 valence electrons. The van der Waals surface area contributed by atoms with Gasteiger partial charge in [0.2, 0.25) is 0 Å². The summed E-state index contributed by atoms with van der Waals surface area (Å²) in [4.78, 5) is 36.0. The Morgan fingerprint density at radius 1 is 0.640 bits per heavy atom. The molecule has 0 aromatic heterocycles. The molecule has 10 nitrogen and oxygen atoms in total. The van der Waals surface area contributed by atoms with Crippen LogP contribution in [0.25, 0.3) is 0 Å². The second-order valence-corrected chi connectivity index (χ2v) is 4.87. The Bertz CT molecular complexity index is 304. The van der Waals surface area contributed by atoms with Gasteiger partial charge < -0.3 is 31.9 Å². The minimum atomic E-state index is -0.833. The van der Waals surface area contributed by atoms with E-state index in [9.17, 15) is 0 Å². The topological polar surface area (TPSA) is 201 Å². The standard InChI is InChI=1S/C6H14N2.4C2H4O2.Fe/c7-6(8)4-2-1-3-5-6;4*1-2(3)4;/h1-5,7-8H2;4*1H3,(H,3,4);. The van der Waals surface area contributed by atoms with Crippen molar-refractivity contribution in [3.63, 3.8) is 0 Å². The predicted molar refractivity (Wildman–Crippen MR) is 87.4 cm³/mol. The number of hydrogen-bond donors (Lipinski definition) is 6. The Hall–Kier alpha value is -1.68. The van der Waals surface area contributed by atoms with E-state index in [0.717, 1.165) is 40.5 Å². The normalized spacial score (nSPS) is 12.9. The molecule has 0 aromatic rings. The molecule has 1 saturated carbocycles. The van der Waals surface area contributed by atoms with Gasteiger partial charge in [-0.3, -0.25) is 19.2 Å². The quantitative estimate of drug-likeness (QED) is 0.246. The van der Waals surface area contributed by atoms with Crippen molar-refractivity contribution in [2.45, 2.75) is 65.5 Å². The van der Waals surface area contributed by atoms with Gasteiger partial charge in [0.1, 0.15) is 0 Å². The van der Waals surface area contributed by atoms with Crippen LogP contribution in [0.5, 0.6) is 0 Å². The van der Waals surface area contributed by atoms with Crippen molar-refractivity contribution >= 4 is 23.9 Å². The largest absolute Gasteiger partial charge is 0.481 e. The van der Waals surface area contributed by atoms with E-state index in [4.69, 9.17) is 51.1 Å². The van der Waals surface area contributed by atoms with Gasteiger partial charge in [-0.2, -0.15) is 0 Å². The van der Waals surface area contributed by atoms with E-state index >= 15 is 0 Å². The third-order valence-corrected chi connectivity index (χ3v) is 1.78. The molecule has 1 rings (SSSR count). The maximum absolute atomic E-state index is 9.00. The van der Waals surface area contributed by atoms with E-state index in [1.165, 1.54) is 19.3 Å². The molecule has 0 spiro atoms. The summed E-state index contributed by atoms with van der Waals surface area (Å²) in [6, 6.07) is 0. The third-order valence-electron chi connectivity index (χ3n) is 1.78. The summed E-state index contributed by atoms with van der Waals surface area (Å²) in [6.07, 6.45) is 5.76. The van der Waals surface area contributed by atoms with Crippen LogP contribution in [0.2, 0.25) is 0 Å². The average molecular weight is 410 g/mol. The average Bonchev–Trinajstić information content (AvgIpc) is 2.24. The maximum atomic E-state index is 9.00. The SMILES string of the molecule is CC(=O)O.CC(=O)O.CC(=O)O.CC(=O)O.NC1(N)CCCCC1.[Fe]. The van der Waals surface area contributed by atoms with Gasteiger partial charge in [-0.1, -0.05) is 19.3 Å². The number of aliphatic carboxylic acids is 4. The molecule has 0 aliphatic heterocycles. The summed E-state index contributed by atoms with van der Waals surface area (Å²) in [5.74, 6) is -3.33. The van der Waals surface area contributed by atoms with Crippen molar-refractivity contribution in [3.05, 3.63) is 0 Å². The number of carboxylic acids is 4. The molecule has 0 bridgehead atoms. The monoisotopic (exact) mass is 410 g/mol. The number of hydrogen-bond acceptors (Lipinski definition) is 6. The van der Waals surface area contributed by atoms with Gasteiger partial charge >= 0.3 is 0 Å². The summed E-state index contributed by atoms with van der Waals surface area (Å²) >= 11 is 0. The van der Waals surface area contributed by atoms with Crippen molar-refractivity contribution in [3.8, 4) is 0 Å². The van der Waals surface area contributed by atoms with Gasteiger partial charge in [0, 0.05) is 44.8 Å². The third kappa shape index (κ3) is 133. The first kappa shape index (κ1) is 34.6. The van der Waals surface area contributed by atoms with Gasteiger partial charge in [0.15, 0.2) is 0 Å². The fourth-order valence-corrected chi connectivity index (χ4v) is 1.21. The van der Waals surface area contributed by atoms with Crippen LogP contribution in [0, 0.1) is 0 Å². The fraction of sp³-hybridized carbons (Fsp3) is 0.714. The minimum absolute atomic E-state index is 0. The molecule has 1 aliphatic rings. The summed E-state index contributed by atoms with van der Waals surface area (Å²) in [7, 11) is 0. The number of nitrogens with two attached hydrogens (primary N) is 2. The summed E-state index contributed by atoms with van der Waals surface area (Å²) in [5.41, 5.74) is 11.0. The second-order valence-electron chi connectivity index (χ2n) is 4.87. The Morgan fingerprint density at radius 3 is 0.880 bits per heavy atom. The Labute approximate surface area is 158 Å². The van der Waals surface area contributed by atoms with Crippen molar-refractivity contribution in [1.29, 1.82) is 0 Å². The molecule has 0 heterocycles. The van der Waals surface area contributed by atoms with Crippen LogP contribution >= 0.6 is 0 Å². The van der Waals surface area contributed by atoms with Crippen molar-refractivity contribution in [1.82, 2.24) is 0 Å². The van der Waals surface area contributed by atoms with Crippen LogP contribution < -0.4 is 11.5 Å². The van der Waals surface area contributed by atoms with Gasteiger partial charge in [0.25, 0.3) is 23.9 Å². The van der Waals surface area contributed by atoms with E-state index in [-0.39, 0.29) is 22.7 Å². The van der Waals surface area contributed by atoms with E-state index in [1.54, 1.807) is 0 Å². The van der Waals surface area contributed by atoms with Crippen molar-refractivity contribution in [2.75, 3.05) is 0 Å². The summed E-state index contributed by atoms with van der Waals surface area (Å²) < 4.78 is 0. The van der Waals surface area contributed by atoms with E-state index in [0.29, 0.717) is 0 Å². The second kappa shape index (κ2) is 22.3. The van der Waals surface area contributed by atoms with Crippen LogP contribution in [-0.4, -0.2) is 50.0 Å². The predicted octanol–water partition coefficient (Wildman–Crippen LogP) is 0.925. The zero-order chi connectivity index (χ0) is 20.3. The first-order valence-electron chi connectivity index (χ1n) is 7.00. The molecule has 0 aromatic carbocycles. The molecule has 1 aliphatic carbocycles. The summed E-state index contributed by atoms with van der Waals surface area (Å²) in [5, 5.41) is 29.7. The van der Waals surface area contributed by atoms with Crippen LogP contribution in [0.1, 0.15) is 59.8 Å². The van der Waals surface area contributed by atoms with Gasteiger partial charge in [0.05, 0.1) is 5.66 Å². The number of carbonyl (C=O) groups is 4. The number of carboxylic acid groups (broad SMARTS) is 4.